The molecular formula is C23H29NO5. The van der Waals surface area contributed by atoms with E-state index in [-0.39, 0.29) is 6.42 Å². The number of rotatable bonds is 8. The average molecular weight is 399 g/mol. The molecule has 0 radical (unpaired) electrons. The van der Waals surface area contributed by atoms with Crippen LogP contribution in [0.2, 0.25) is 0 Å². The van der Waals surface area contributed by atoms with E-state index >= 15 is 0 Å². The first-order valence-electron chi connectivity index (χ1n) is 9.55. The average Bonchev–Trinajstić information content (AvgIpc) is 2.64. The maximum atomic E-state index is 12.5. The Hall–Kier alpha value is -2.86. The molecule has 6 heteroatoms. The first kappa shape index (κ1) is 22.4. The molecule has 0 heterocycles. The molecule has 156 valence electrons. The minimum absolute atomic E-state index is 0.280. The highest BCUT2D eigenvalue weighted by molar-refractivity contribution is 6.00. The Bertz CT molecular complexity index is 881. The van der Waals surface area contributed by atoms with Crippen LogP contribution in [0.5, 0.6) is 0 Å². The van der Waals surface area contributed by atoms with Crippen molar-refractivity contribution in [3.8, 4) is 0 Å². The number of aliphatic hydroxyl groups is 1. The van der Waals surface area contributed by atoms with Crippen LogP contribution in [0.15, 0.2) is 55.1 Å². The zero-order valence-electron chi connectivity index (χ0n) is 17.4. The number of ether oxygens (including phenoxy) is 2. The van der Waals surface area contributed by atoms with Crippen molar-refractivity contribution in [2.24, 2.45) is 0 Å². The lowest BCUT2D eigenvalue weighted by molar-refractivity contribution is -0.152. The van der Waals surface area contributed by atoms with E-state index in [9.17, 15) is 14.7 Å². The Balaban J connectivity index is 2.10. The van der Waals surface area contributed by atoms with Gasteiger partial charge >= 0.3 is 12.1 Å². The predicted molar refractivity (Wildman–Crippen MR) is 114 cm³/mol. The summed E-state index contributed by atoms with van der Waals surface area (Å²) in [6.45, 7) is 9.89. The predicted octanol–water partition coefficient (Wildman–Crippen LogP) is 4.82. The molecule has 1 amide bonds. The third-order valence-corrected chi connectivity index (χ3v) is 4.78. The molecule has 2 aromatic carbocycles. The lowest BCUT2D eigenvalue weighted by Crippen LogP contribution is -2.42. The van der Waals surface area contributed by atoms with Gasteiger partial charge in [-0.05, 0) is 51.1 Å². The lowest BCUT2D eigenvalue weighted by atomic mass is 9.91. The molecule has 2 atom stereocenters. The highest BCUT2D eigenvalue weighted by atomic mass is 16.6. The monoisotopic (exact) mass is 399 g/mol. The van der Waals surface area contributed by atoms with Gasteiger partial charge in [0.1, 0.15) is 11.7 Å². The zero-order valence-corrected chi connectivity index (χ0v) is 17.4. The lowest BCUT2D eigenvalue weighted by Gasteiger charge is -2.32. The molecule has 2 rings (SSSR count). The Kier molecular flexibility index (Phi) is 7.03. The summed E-state index contributed by atoms with van der Waals surface area (Å²) in [5.74, 6) is -0.429. The van der Waals surface area contributed by atoms with Crippen molar-refractivity contribution in [2.45, 2.75) is 57.8 Å². The molecule has 0 aliphatic carbocycles. The summed E-state index contributed by atoms with van der Waals surface area (Å²) in [5.41, 5.74) is -1.57. The van der Waals surface area contributed by atoms with Crippen molar-refractivity contribution in [2.75, 3.05) is 5.32 Å². The standard InChI is InChI=1S/C23H29NO5/c1-6-23(5,29-16(2)25)15-14-20(22(3,4)27)28-21(26)24-19-13-9-11-17-10-7-8-12-18(17)19/h6-13,20,27H,1,14-15H2,2-5H3,(H,24,26)/t20-,23-/m0/s1. The minimum atomic E-state index is -1.28. The summed E-state index contributed by atoms with van der Waals surface area (Å²) in [6, 6.07) is 13.3. The SMILES string of the molecule is C=C[C@@](C)(CC[C@H](OC(=O)Nc1cccc2ccccc12)C(C)(C)O)OC(C)=O. The number of carbonyl (C=O) groups is 2. The minimum Gasteiger partial charge on any atom is -0.455 e. The smallest absolute Gasteiger partial charge is 0.412 e. The molecule has 0 unspecified atom stereocenters. The van der Waals surface area contributed by atoms with Gasteiger partial charge < -0.3 is 14.6 Å². The highest BCUT2D eigenvalue weighted by Crippen LogP contribution is 2.27. The van der Waals surface area contributed by atoms with Crippen LogP contribution in [-0.4, -0.2) is 34.5 Å². The van der Waals surface area contributed by atoms with Gasteiger partial charge in [0.2, 0.25) is 0 Å². The van der Waals surface area contributed by atoms with Crippen LogP contribution < -0.4 is 5.32 Å². The second-order valence-corrected chi connectivity index (χ2v) is 7.85. The molecule has 0 saturated heterocycles. The molecule has 6 nitrogen and oxygen atoms in total. The fourth-order valence-corrected chi connectivity index (χ4v) is 3.10. The number of hydrogen-bond acceptors (Lipinski definition) is 5. The molecule has 0 bridgehead atoms. The number of anilines is 1. The van der Waals surface area contributed by atoms with Crippen molar-refractivity contribution in [3.63, 3.8) is 0 Å². The van der Waals surface area contributed by atoms with Crippen molar-refractivity contribution in [1.29, 1.82) is 0 Å². The Morgan fingerprint density at radius 2 is 1.83 bits per heavy atom. The van der Waals surface area contributed by atoms with Gasteiger partial charge in [0.15, 0.2) is 0 Å². The van der Waals surface area contributed by atoms with Crippen LogP contribution in [0.3, 0.4) is 0 Å². The van der Waals surface area contributed by atoms with Crippen LogP contribution >= 0.6 is 0 Å². The Morgan fingerprint density at radius 3 is 2.45 bits per heavy atom. The maximum Gasteiger partial charge on any atom is 0.412 e. The van der Waals surface area contributed by atoms with Gasteiger partial charge in [-0.15, -0.1) is 0 Å². The molecule has 0 aliphatic heterocycles. The normalized spacial score (nSPS) is 14.5. The molecule has 2 aromatic rings. The summed E-state index contributed by atoms with van der Waals surface area (Å²) in [4.78, 5) is 23.9. The van der Waals surface area contributed by atoms with Gasteiger partial charge in [0.25, 0.3) is 0 Å². The first-order valence-corrected chi connectivity index (χ1v) is 9.55. The summed E-state index contributed by atoms with van der Waals surface area (Å²) in [6.07, 6.45) is 0.675. The fourth-order valence-electron chi connectivity index (χ4n) is 3.10. The number of esters is 1. The van der Waals surface area contributed by atoms with E-state index in [1.807, 2.05) is 36.4 Å². The zero-order chi connectivity index (χ0) is 21.7. The molecule has 0 aromatic heterocycles. The number of amides is 1. The summed E-state index contributed by atoms with van der Waals surface area (Å²) >= 11 is 0. The number of carbonyl (C=O) groups excluding carboxylic acids is 2. The van der Waals surface area contributed by atoms with Crippen molar-refractivity contribution < 1.29 is 24.2 Å². The molecule has 0 aliphatic rings. The van der Waals surface area contributed by atoms with E-state index in [1.54, 1.807) is 26.8 Å². The van der Waals surface area contributed by atoms with Gasteiger partial charge in [-0.2, -0.15) is 0 Å². The van der Waals surface area contributed by atoms with Gasteiger partial charge in [-0.1, -0.05) is 43.0 Å². The number of nitrogens with one attached hydrogen (secondary N) is 1. The van der Waals surface area contributed by atoms with Crippen LogP contribution in [0.25, 0.3) is 10.8 Å². The summed E-state index contributed by atoms with van der Waals surface area (Å²) in [5, 5.41) is 15.1. The topological polar surface area (TPSA) is 84.9 Å². The van der Waals surface area contributed by atoms with E-state index in [1.165, 1.54) is 13.0 Å². The van der Waals surface area contributed by atoms with E-state index < -0.39 is 29.4 Å². The quantitative estimate of drug-likeness (QED) is 0.491. The third kappa shape index (κ3) is 6.32. The molecular weight excluding hydrogens is 370 g/mol. The van der Waals surface area contributed by atoms with Gasteiger partial charge in [0, 0.05) is 12.3 Å². The highest BCUT2D eigenvalue weighted by Gasteiger charge is 2.34. The number of fused-ring (bicyclic) bond motifs is 1. The second kappa shape index (κ2) is 9.09. The summed E-state index contributed by atoms with van der Waals surface area (Å²) in [7, 11) is 0. The van der Waals surface area contributed by atoms with Gasteiger partial charge in [-0.3, -0.25) is 10.1 Å². The fraction of sp³-hybridized carbons (Fsp3) is 0.391. The van der Waals surface area contributed by atoms with Crippen molar-refractivity contribution in [3.05, 3.63) is 55.1 Å². The second-order valence-electron chi connectivity index (χ2n) is 7.85. The van der Waals surface area contributed by atoms with Crippen LogP contribution in [0.1, 0.15) is 40.5 Å². The number of hydrogen-bond donors (Lipinski definition) is 2. The molecule has 0 spiro atoms. The van der Waals surface area contributed by atoms with E-state index in [4.69, 9.17) is 9.47 Å². The molecule has 29 heavy (non-hydrogen) atoms. The van der Waals surface area contributed by atoms with Crippen LogP contribution in [0, 0.1) is 0 Å². The summed E-state index contributed by atoms with van der Waals surface area (Å²) < 4.78 is 10.8. The van der Waals surface area contributed by atoms with Gasteiger partial charge in [-0.25, -0.2) is 4.79 Å². The van der Waals surface area contributed by atoms with E-state index in [0.717, 1.165) is 10.8 Å². The maximum absolute atomic E-state index is 12.5. The van der Waals surface area contributed by atoms with Gasteiger partial charge in [0.05, 0.1) is 11.3 Å². The van der Waals surface area contributed by atoms with Crippen molar-refractivity contribution >= 4 is 28.5 Å². The Labute approximate surface area is 171 Å². The van der Waals surface area contributed by atoms with Crippen molar-refractivity contribution in [1.82, 2.24) is 0 Å². The van der Waals surface area contributed by atoms with E-state index in [2.05, 4.69) is 11.9 Å². The largest absolute Gasteiger partial charge is 0.455 e. The molecule has 0 saturated carbocycles. The van der Waals surface area contributed by atoms with Crippen LogP contribution in [-0.2, 0) is 14.3 Å². The number of benzene rings is 2. The Morgan fingerprint density at radius 1 is 1.17 bits per heavy atom. The molecule has 0 fully saturated rings. The third-order valence-electron chi connectivity index (χ3n) is 4.78. The van der Waals surface area contributed by atoms with Crippen LogP contribution in [0.4, 0.5) is 10.5 Å². The molecule has 2 N–H and O–H groups in total. The first-order chi connectivity index (χ1) is 13.5. The van der Waals surface area contributed by atoms with E-state index in [0.29, 0.717) is 12.1 Å².